The third-order valence-electron chi connectivity index (χ3n) is 3.99. The number of nitrogens with one attached hydrogen (secondary N) is 1. The van der Waals surface area contributed by atoms with Gasteiger partial charge in [0, 0.05) is 25.2 Å². The van der Waals surface area contributed by atoms with Gasteiger partial charge in [0.05, 0.1) is 22.3 Å². The zero-order valence-corrected chi connectivity index (χ0v) is 14.5. The lowest BCUT2D eigenvalue weighted by atomic mass is 10.1. The number of rotatable bonds is 2. The number of piperazine rings is 1. The molecule has 2 aromatic rings. The molecule has 8 heteroatoms. The monoisotopic (exact) mass is 365 g/mol. The summed E-state index contributed by atoms with van der Waals surface area (Å²) in [6, 6.07) is 4.60. The Labute approximate surface area is 143 Å². The summed E-state index contributed by atoms with van der Waals surface area (Å²) in [7, 11) is 0. The van der Waals surface area contributed by atoms with Gasteiger partial charge in [-0.3, -0.25) is 4.90 Å². The fraction of sp³-hybridized carbons (Fsp3) is 0.533. The number of thiazole rings is 1. The van der Waals surface area contributed by atoms with Crippen LogP contribution in [0.15, 0.2) is 18.2 Å². The maximum atomic E-state index is 12.8. The second kappa shape index (κ2) is 6.93. The van der Waals surface area contributed by atoms with E-state index >= 15 is 0 Å². The number of alkyl halides is 3. The molecule has 0 aliphatic carbocycles. The molecule has 1 saturated heterocycles. The predicted molar refractivity (Wildman–Crippen MR) is 89.2 cm³/mol. The number of fused-ring (bicyclic) bond motifs is 1. The van der Waals surface area contributed by atoms with Crippen molar-refractivity contribution in [3.63, 3.8) is 0 Å². The lowest BCUT2D eigenvalue weighted by Crippen LogP contribution is -2.53. The van der Waals surface area contributed by atoms with E-state index in [9.17, 15) is 13.2 Å². The number of halogens is 4. The van der Waals surface area contributed by atoms with Gasteiger partial charge in [-0.15, -0.1) is 23.7 Å². The van der Waals surface area contributed by atoms with E-state index in [1.807, 2.05) is 0 Å². The Morgan fingerprint density at radius 3 is 2.78 bits per heavy atom. The maximum absolute atomic E-state index is 12.8. The van der Waals surface area contributed by atoms with Crippen molar-refractivity contribution in [3.8, 4) is 0 Å². The van der Waals surface area contributed by atoms with Crippen LogP contribution in [0.25, 0.3) is 10.2 Å². The molecule has 0 spiro atoms. The van der Waals surface area contributed by atoms with E-state index in [-0.39, 0.29) is 12.4 Å². The average Bonchev–Trinajstić information content (AvgIpc) is 2.83. The van der Waals surface area contributed by atoms with Crippen molar-refractivity contribution in [3.05, 3.63) is 28.8 Å². The topological polar surface area (TPSA) is 28.2 Å². The van der Waals surface area contributed by atoms with Crippen molar-refractivity contribution < 1.29 is 13.2 Å². The number of hydrogen-bond donors (Lipinski definition) is 1. The van der Waals surface area contributed by atoms with Crippen molar-refractivity contribution in [2.24, 2.45) is 0 Å². The quantitative estimate of drug-likeness (QED) is 0.874. The van der Waals surface area contributed by atoms with Crippen LogP contribution in [0.3, 0.4) is 0 Å². The number of nitrogens with zero attached hydrogens (tertiary/aromatic N) is 2. The zero-order chi connectivity index (χ0) is 15.9. The summed E-state index contributed by atoms with van der Waals surface area (Å²) in [6.45, 7) is 6.81. The van der Waals surface area contributed by atoms with Crippen molar-refractivity contribution in [2.75, 3.05) is 13.1 Å². The van der Waals surface area contributed by atoms with Crippen LogP contribution in [-0.2, 0) is 12.7 Å². The van der Waals surface area contributed by atoms with Crippen molar-refractivity contribution in [1.29, 1.82) is 0 Å². The van der Waals surface area contributed by atoms with Crippen molar-refractivity contribution in [2.45, 2.75) is 38.7 Å². The van der Waals surface area contributed by atoms with Crippen LogP contribution >= 0.6 is 23.7 Å². The Morgan fingerprint density at radius 1 is 1.35 bits per heavy atom. The second-order valence-electron chi connectivity index (χ2n) is 5.88. The first-order valence-corrected chi connectivity index (χ1v) is 8.08. The van der Waals surface area contributed by atoms with Crippen LogP contribution in [0, 0.1) is 0 Å². The number of hydrogen-bond acceptors (Lipinski definition) is 4. The van der Waals surface area contributed by atoms with Gasteiger partial charge in [-0.1, -0.05) is 0 Å². The molecule has 0 radical (unpaired) electrons. The Hall–Kier alpha value is -0.890. The molecule has 2 atom stereocenters. The van der Waals surface area contributed by atoms with Crippen LogP contribution in [0.2, 0.25) is 0 Å². The minimum Gasteiger partial charge on any atom is -0.311 e. The SMILES string of the molecule is C[C@@H]1CN(Cc2nc3cc(C(F)(F)F)ccc3s2)[C@@H](C)CN1.Cl. The van der Waals surface area contributed by atoms with Gasteiger partial charge in [0.2, 0.25) is 0 Å². The van der Waals surface area contributed by atoms with Gasteiger partial charge in [-0.2, -0.15) is 13.2 Å². The number of benzene rings is 1. The molecule has 1 aromatic heterocycles. The molecule has 3 nitrogen and oxygen atoms in total. The van der Waals surface area contributed by atoms with Crippen LogP contribution in [0.5, 0.6) is 0 Å². The van der Waals surface area contributed by atoms with Gasteiger partial charge in [-0.05, 0) is 32.0 Å². The minimum atomic E-state index is -4.32. The van der Waals surface area contributed by atoms with Gasteiger partial charge < -0.3 is 5.32 Å². The molecule has 128 valence electrons. The highest BCUT2D eigenvalue weighted by Gasteiger charge is 2.31. The predicted octanol–water partition coefficient (Wildman–Crippen LogP) is 3.92. The summed E-state index contributed by atoms with van der Waals surface area (Å²) in [5.74, 6) is 0. The molecular formula is C15H19ClF3N3S. The largest absolute Gasteiger partial charge is 0.416 e. The highest BCUT2D eigenvalue weighted by atomic mass is 35.5. The highest BCUT2D eigenvalue weighted by Crippen LogP contribution is 2.33. The van der Waals surface area contributed by atoms with Crippen LogP contribution in [0.1, 0.15) is 24.4 Å². The van der Waals surface area contributed by atoms with Crippen LogP contribution < -0.4 is 5.32 Å². The highest BCUT2D eigenvalue weighted by molar-refractivity contribution is 7.18. The van der Waals surface area contributed by atoms with Crippen LogP contribution in [-0.4, -0.2) is 35.1 Å². The molecule has 0 saturated carbocycles. The Morgan fingerprint density at radius 2 is 2.09 bits per heavy atom. The first-order chi connectivity index (χ1) is 10.3. The summed E-state index contributed by atoms with van der Waals surface area (Å²) in [4.78, 5) is 6.72. The molecule has 1 aliphatic heterocycles. The Kier molecular flexibility index (Phi) is 5.56. The van der Waals surface area contributed by atoms with Gasteiger partial charge >= 0.3 is 6.18 Å². The molecule has 0 unspecified atom stereocenters. The van der Waals surface area contributed by atoms with Crippen molar-refractivity contribution >= 4 is 34.0 Å². The smallest absolute Gasteiger partial charge is 0.311 e. The lowest BCUT2D eigenvalue weighted by Gasteiger charge is -2.36. The molecular weight excluding hydrogens is 347 g/mol. The first-order valence-electron chi connectivity index (χ1n) is 7.27. The normalized spacial score (nSPS) is 23.0. The van der Waals surface area contributed by atoms with E-state index in [4.69, 9.17) is 0 Å². The molecule has 0 amide bonds. The maximum Gasteiger partial charge on any atom is 0.416 e. The summed E-state index contributed by atoms with van der Waals surface area (Å²) < 4.78 is 39.1. The van der Waals surface area contributed by atoms with Crippen molar-refractivity contribution in [1.82, 2.24) is 15.2 Å². The molecule has 1 aromatic carbocycles. The second-order valence-corrected chi connectivity index (χ2v) is 6.99. The van der Waals surface area contributed by atoms with E-state index in [1.165, 1.54) is 17.4 Å². The Bertz CT molecular complexity index is 674. The van der Waals surface area contributed by atoms with E-state index in [0.717, 1.165) is 34.9 Å². The first kappa shape index (κ1) is 18.4. The van der Waals surface area contributed by atoms with Gasteiger partial charge in [0.1, 0.15) is 5.01 Å². The fourth-order valence-corrected chi connectivity index (χ4v) is 3.68. The molecule has 1 aliphatic rings. The summed E-state index contributed by atoms with van der Waals surface area (Å²) >= 11 is 1.47. The average molecular weight is 366 g/mol. The van der Waals surface area contributed by atoms with Gasteiger partial charge in [0.15, 0.2) is 0 Å². The molecule has 3 rings (SSSR count). The lowest BCUT2D eigenvalue weighted by molar-refractivity contribution is -0.137. The number of aromatic nitrogens is 1. The third-order valence-corrected chi connectivity index (χ3v) is 5.01. The van der Waals surface area contributed by atoms with E-state index in [0.29, 0.717) is 24.1 Å². The Balaban J connectivity index is 0.00000192. The van der Waals surface area contributed by atoms with E-state index < -0.39 is 11.7 Å². The molecule has 1 fully saturated rings. The summed E-state index contributed by atoms with van der Waals surface area (Å²) in [5, 5.41) is 4.29. The summed E-state index contributed by atoms with van der Waals surface area (Å²) in [6.07, 6.45) is -4.32. The standard InChI is InChI=1S/C15H18F3N3S.ClH/c1-9-7-21(10(2)6-19-9)8-14-20-12-5-11(15(16,17)18)3-4-13(12)22-14;/h3-5,9-10,19H,6-8H2,1-2H3;1H/t9-,10+;/m1./s1. The van der Waals surface area contributed by atoms with Gasteiger partial charge in [0.25, 0.3) is 0 Å². The third kappa shape index (κ3) is 4.15. The molecule has 2 heterocycles. The van der Waals surface area contributed by atoms with E-state index in [1.54, 1.807) is 0 Å². The zero-order valence-electron chi connectivity index (χ0n) is 12.9. The molecule has 1 N–H and O–H groups in total. The van der Waals surface area contributed by atoms with E-state index in [2.05, 4.69) is 29.0 Å². The fourth-order valence-electron chi connectivity index (χ4n) is 2.71. The summed E-state index contributed by atoms with van der Waals surface area (Å²) in [5.41, 5.74) is -0.202. The van der Waals surface area contributed by atoms with Crippen LogP contribution in [0.4, 0.5) is 13.2 Å². The molecule has 0 bridgehead atoms. The molecule has 23 heavy (non-hydrogen) atoms. The van der Waals surface area contributed by atoms with Gasteiger partial charge in [-0.25, -0.2) is 4.98 Å². The minimum absolute atomic E-state index is 0.